The summed E-state index contributed by atoms with van der Waals surface area (Å²) in [4.78, 5) is 29.3. The third kappa shape index (κ3) is 7.23. The molecule has 206 valence electrons. The summed E-state index contributed by atoms with van der Waals surface area (Å²) in [7, 11) is 0. The lowest BCUT2D eigenvalue weighted by Crippen LogP contribution is -2.46. The molecular weight excluding hydrogens is 531 g/mol. The van der Waals surface area contributed by atoms with E-state index in [1.807, 2.05) is 45.0 Å². The number of hydrogen-bond acceptors (Lipinski definition) is 5. The number of alkyl halides is 3. The summed E-state index contributed by atoms with van der Waals surface area (Å²) in [5.41, 5.74) is 1.21. The van der Waals surface area contributed by atoms with Crippen LogP contribution >= 0.6 is 11.6 Å². The third-order valence-corrected chi connectivity index (χ3v) is 6.51. The van der Waals surface area contributed by atoms with Gasteiger partial charge >= 0.3 is 12.1 Å². The minimum Gasteiger partial charge on any atom is -0.456 e. The molecule has 1 fully saturated rings. The molecule has 1 saturated heterocycles. The minimum absolute atomic E-state index is 0.0188. The Labute approximate surface area is 230 Å². The van der Waals surface area contributed by atoms with Crippen molar-refractivity contribution in [1.82, 2.24) is 0 Å². The largest absolute Gasteiger partial charge is 0.456 e. The van der Waals surface area contributed by atoms with Gasteiger partial charge < -0.3 is 19.9 Å². The maximum atomic E-state index is 13.0. The molecule has 1 aliphatic rings. The fourth-order valence-electron chi connectivity index (χ4n) is 4.18. The van der Waals surface area contributed by atoms with Crippen LogP contribution in [-0.4, -0.2) is 43.7 Å². The Morgan fingerprint density at radius 3 is 1.74 bits per heavy atom. The highest BCUT2D eigenvalue weighted by atomic mass is 35.5. The van der Waals surface area contributed by atoms with Gasteiger partial charge in [0.25, 0.3) is 5.91 Å². The number of anilines is 3. The summed E-state index contributed by atoms with van der Waals surface area (Å²) < 4.78 is 44.5. The van der Waals surface area contributed by atoms with Crippen molar-refractivity contribution in [3.8, 4) is 0 Å². The van der Waals surface area contributed by atoms with Crippen molar-refractivity contribution in [3.63, 3.8) is 0 Å². The summed E-state index contributed by atoms with van der Waals surface area (Å²) in [6.45, 7) is 8.52. The predicted octanol–water partition coefficient (Wildman–Crippen LogP) is 6.89. The first-order valence-corrected chi connectivity index (χ1v) is 12.8. The molecule has 4 rings (SSSR count). The quantitative estimate of drug-likeness (QED) is 0.345. The van der Waals surface area contributed by atoms with Crippen LogP contribution in [0.4, 0.5) is 30.2 Å². The van der Waals surface area contributed by atoms with E-state index in [1.165, 1.54) is 0 Å². The molecule has 1 heterocycles. The Kier molecular flexibility index (Phi) is 8.11. The normalized spacial score (nSPS) is 14.2. The van der Waals surface area contributed by atoms with Gasteiger partial charge in [0.1, 0.15) is 5.60 Å². The van der Waals surface area contributed by atoms with Crippen LogP contribution in [0, 0.1) is 0 Å². The van der Waals surface area contributed by atoms with E-state index in [2.05, 4.69) is 15.1 Å². The summed E-state index contributed by atoms with van der Waals surface area (Å²) in [6, 6.07) is 17.1. The molecule has 0 bridgehead atoms. The highest BCUT2D eigenvalue weighted by Gasteiger charge is 2.31. The average Bonchev–Trinajstić information content (AvgIpc) is 2.88. The van der Waals surface area contributed by atoms with Gasteiger partial charge in [-0.2, -0.15) is 13.2 Å². The number of nitrogens with one attached hydrogen (secondary N) is 1. The van der Waals surface area contributed by atoms with E-state index in [0.29, 0.717) is 11.1 Å². The van der Waals surface area contributed by atoms with Gasteiger partial charge in [-0.05, 0) is 87.5 Å². The Hall–Kier alpha value is -3.72. The molecule has 3 aromatic carbocycles. The fraction of sp³-hybridized carbons (Fsp3) is 0.310. The molecule has 3 aromatic rings. The number of carbonyl (C=O) groups is 2. The number of halogens is 4. The maximum Gasteiger partial charge on any atom is 0.416 e. The lowest BCUT2D eigenvalue weighted by Gasteiger charge is -2.37. The number of piperazine rings is 1. The molecule has 10 heteroatoms. The van der Waals surface area contributed by atoms with Crippen LogP contribution in [0.15, 0.2) is 66.7 Å². The van der Waals surface area contributed by atoms with Gasteiger partial charge in [-0.25, -0.2) is 4.79 Å². The van der Waals surface area contributed by atoms with E-state index < -0.39 is 23.2 Å². The topological polar surface area (TPSA) is 61.9 Å². The Balaban J connectivity index is 1.34. The zero-order valence-corrected chi connectivity index (χ0v) is 22.6. The number of esters is 1. The SMILES string of the molecule is CC(C)(C)OC(=O)c1ccc(N2CCN(c3ccc(C(=O)Nc4cc(C(F)(F)F)ccc4Cl)cc3)CC2)cc1. The number of carbonyl (C=O) groups excluding carboxylic acids is 2. The zero-order chi connectivity index (χ0) is 28.4. The van der Waals surface area contributed by atoms with Crippen molar-refractivity contribution in [2.24, 2.45) is 0 Å². The van der Waals surface area contributed by atoms with Crippen LogP contribution in [0.3, 0.4) is 0 Å². The van der Waals surface area contributed by atoms with Crippen molar-refractivity contribution in [1.29, 1.82) is 0 Å². The first kappa shape index (κ1) is 28.3. The summed E-state index contributed by atoms with van der Waals surface area (Å²) in [5.74, 6) is -0.906. The molecule has 1 amide bonds. The number of ether oxygens (including phenoxy) is 1. The third-order valence-electron chi connectivity index (χ3n) is 6.18. The predicted molar refractivity (Wildman–Crippen MR) is 147 cm³/mol. The van der Waals surface area contributed by atoms with E-state index in [4.69, 9.17) is 16.3 Å². The van der Waals surface area contributed by atoms with Crippen molar-refractivity contribution in [3.05, 3.63) is 88.4 Å². The second-order valence-corrected chi connectivity index (χ2v) is 10.6. The van der Waals surface area contributed by atoms with Crippen molar-refractivity contribution in [2.75, 3.05) is 41.3 Å². The summed E-state index contributed by atoms with van der Waals surface area (Å²) >= 11 is 5.99. The van der Waals surface area contributed by atoms with E-state index in [-0.39, 0.29) is 16.7 Å². The van der Waals surface area contributed by atoms with E-state index >= 15 is 0 Å². The molecular formula is C29H29ClF3N3O3. The maximum absolute atomic E-state index is 13.0. The van der Waals surface area contributed by atoms with Crippen LogP contribution in [0.5, 0.6) is 0 Å². The van der Waals surface area contributed by atoms with Crippen LogP contribution in [0.1, 0.15) is 47.1 Å². The van der Waals surface area contributed by atoms with Crippen LogP contribution in [0.2, 0.25) is 5.02 Å². The second kappa shape index (κ2) is 11.2. The van der Waals surface area contributed by atoms with Crippen LogP contribution < -0.4 is 15.1 Å². The molecule has 0 atom stereocenters. The van der Waals surface area contributed by atoms with Gasteiger partial charge in [-0.1, -0.05) is 11.6 Å². The smallest absolute Gasteiger partial charge is 0.416 e. The van der Waals surface area contributed by atoms with Crippen LogP contribution in [0.25, 0.3) is 0 Å². The zero-order valence-electron chi connectivity index (χ0n) is 21.8. The highest BCUT2D eigenvalue weighted by molar-refractivity contribution is 6.34. The van der Waals surface area contributed by atoms with Gasteiger partial charge in [-0.3, -0.25) is 4.79 Å². The van der Waals surface area contributed by atoms with E-state index in [1.54, 1.807) is 24.3 Å². The van der Waals surface area contributed by atoms with Gasteiger partial charge in [0.15, 0.2) is 0 Å². The van der Waals surface area contributed by atoms with Crippen molar-refractivity contribution >= 4 is 40.5 Å². The molecule has 6 nitrogen and oxygen atoms in total. The lowest BCUT2D eigenvalue weighted by atomic mass is 10.1. The number of hydrogen-bond donors (Lipinski definition) is 1. The first-order valence-electron chi connectivity index (χ1n) is 12.4. The lowest BCUT2D eigenvalue weighted by molar-refractivity contribution is -0.137. The van der Waals surface area contributed by atoms with Gasteiger partial charge in [-0.15, -0.1) is 0 Å². The molecule has 0 unspecified atom stereocenters. The number of benzene rings is 3. The number of nitrogens with zero attached hydrogens (tertiary/aromatic N) is 2. The number of rotatable bonds is 5. The Morgan fingerprint density at radius 2 is 1.28 bits per heavy atom. The highest BCUT2D eigenvalue weighted by Crippen LogP contribution is 2.34. The van der Waals surface area contributed by atoms with E-state index in [0.717, 1.165) is 55.8 Å². The Morgan fingerprint density at radius 1 is 0.795 bits per heavy atom. The van der Waals surface area contributed by atoms with E-state index in [9.17, 15) is 22.8 Å². The molecule has 1 aliphatic heterocycles. The molecule has 39 heavy (non-hydrogen) atoms. The Bertz CT molecular complexity index is 1330. The fourth-order valence-corrected chi connectivity index (χ4v) is 4.35. The van der Waals surface area contributed by atoms with Crippen molar-refractivity contribution < 1.29 is 27.5 Å². The molecule has 1 N–H and O–H groups in total. The molecule has 0 radical (unpaired) electrons. The summed E-state index contributed by atoms with van der Waals surface area (Å²) in [5, 5.41) is 2.48. The monoisotopic (exact) mass is 559 g/mol. The number of amides is 1. The second-order valence-electron chi connectivity index (χ2n) is 10.2. The van der Waals surface area contributed by atoms with Crippen LogP contribution in [-0.2, 0) is 10.9 Å². The van der Waals surface area contributed by atoms with Gasteiger partial charge in [0.2, 0.25) is 0 Å². The van der Waals surface area contributed by atoms with Gasteiger partial charge in [0, 0.05) is 43.1 Å². The standard InChI is InChI=1S/C29H29ClF3N3O3/c1-28(2,3)39-27(38)20-6-11-23(12-7-20)36-16-14-35(15-17-36)22-9-4-19(5-10-22)26(37)34-25-18-21(29(31,32)33)8-13-24(25)30/h4-13,18H,14-17H2,1-3H3,(H,34,37). The van der Waals surface area contributed by atoms with Gasteiger partial charge in [0.05, 0.1) is 21.8 Å². The minimum atomic E-state index is -4.54. The molecule has 0 spiro atoms. The molecule has 0 saturated carbocycles. The average molecular weight is 560 g/mol. The van der Waals surface area contributed by atoms with Crippen molar-refractivity contribution in [2.45, 2.75) is 32.5 Å². The molecule has 0 aliphatic carbocycles. The summed E-state index contributed by atoms with van der Waals surface area (Å²) in [6.07, 6.45) is -4.54. The first-order chi connectivity index (χ1) is 18.3. The molecule has 0 aromatic heterocycles.